The summed E-state index contributed by atoms with van der Waals surface area (Å²) < 4.78 is 0. The zero-order valence-corrected chi connectivity index (χ0v) is 9.94. The van der Waals surface area contributed by atoms with Gasteiger partial charge in [0.1, 0.15) is 0 Å². The smallest absolute Gasteiger partial charge is 0.164 e. The standard InChI is InChI=1S/C12H12Cl2O/c1-2-3-8-12(15,9-13)10-4-6-11(14)7-5-10/h4-7,15H,2,9H2,1H3. The summed E-state index contributed by atoms with van der Waals surface area (Å²) in [6, 6.07) is 6.88. The fourth-order valence-corrected chi connectivity index (χ4v) is 1.49. The molecule has 0 fully saturated rings. The van der Waals surface area contributed by atoms with E-state index in [0.717, 1.165) is 0 Å². The topological polar surface area (TPSA) is 20.2 Å². The molecule has 15 heavy (non-hydrogen) atoms. The molecule has 0 amide bonds. The van der Waals surface area contributed by atoms with Gasteiger partial charge in [-0.25, -0.2) is 0 Å². The minimum absolute atomic E-state index is 0.0433. The molecule has 1 atom stereocenters. The molecule has 0 aliphatic heterocycles. The number of rotatable bonds is 2. The lowest BCUT2D eigenvalue weighted by atomic mass is 9.96. The third kappa shape index (κ3) is 3.14. The van der Waals surface area contributed by atoms with E-state index >= 15 is 0 Å². The van der Waals surface area contributed by atoms with Crippen LogP contribution in [0.25, 0.3) is 0 Å². The van der Waals surface area contributed by atoms with Gasteiger partial charge in [0.15, 0.2) is 5.60 Å². The second kappa shape index (κ2) is 5.42. The highest BCUT2D eigenvalue weighted by atomic mass is 35.5. The van der Waals surface area contributed by atoms with Crippen molar-refractivity contribution in [2.45, 2.75) is 18.9 Å². The molecular formula is C12H12Cl2O. The molecule has 0 saturated carbocycles. The quantitative estimate of drug-likeness (QED) is 0.624. The van der Waals surface area contributed by atoms with E-state index in [1.807, 2.05) is 6.92 Å². The predicted octanol–water partition coefficient (Wildman–Crippen LogP) is 3.18. The van der Waals surface area contributed by atoms with Gasteiger partial charge in [0.05, 0.1) is 5.88 Å². The van der Waals surface area contributed by atoms with Crippen LogP contribution in [0.15, 0.2) is 24.3 Å². The lowest BCUT2D eigenvalue weighted by Crippen LogP contribution is -2.25. The van der Waals surface area contributed by atoms with Crippen molar-refractivity contribution in [2.24, 2.45) is 0 Å². The molecule has 1 nitrogen and oxygen atoms in total. The Balaban J connectivity index is 3.05. The van der Waals surface area contributed by atoms with Crippen molar-refractivity contribution in [3.63, 3.8) is 0 Å². The summed E-state index contributed by atoms with van der Waals surface area (Å²) in [7, 11) is 0. The van der Waals surface area contributed by atoms with Crippen LogP contribution < -0.4 is 0 Å². The molecule has 0 bridgehead atoms. The zero-order valence-electron chi connectivity index (χ0n) is 8.43. The number of benzene rings is 1. The minimum Gasteiger partial charge on any atom is -0.372 e. The molecule has 0 aromatic heterocycles. The Morgan fingerprint density at radius 2 is 1.93 bits per heavy atom. The van der Waals surface area contributed by atoms with E-state index in [1.165, 1.54) is 0 Å². The Kier molecular flexibility index (Phi) is 4.47. The molecule has 0 aliphatic rings. The van der Waals surface area contributed by atoms with Crippen LogP contribution in [0, 0.1) is 11.8 Å². The van der Waals surface area contributed by atoms with Crippen LogP contribution >= 0.6 is 23.2 Å². The first-order valence-electron chi connectivity index (χ1n) is 4.67. The van der Waals surface area contributed by atoms with Crippen LogP contribution in [0.4, 0.5) is 0 Å². The number of alkyl halides is 1. The second-order valence-electron chi connectivity index (χ2n) is 3.16. The van der Waals surface area contributed by atoms with Gasteiger partial charge >= 0.3 is 0 Å². The van der Waals surface area contributed by atoms with Gasteiger partial charge in [0.25, 0.3) is 0 Å². The van der Waals surface area contributed by atoms with Gasteiger partial charge in [-0.05, 0) is 17.7 Å². The molecule has 0 radical (unpaired) electrons. The lowest BCUT2D eigenvalue weighted by molar-refractivity contribution is 0.126. The first kappa shape index (κ1) is 12.4. The van der Waals surface area contributed by atoms with E-state index in [2.05, 4.69) is 11.8 Å². The first-order valence-corrected chi connectivity index (χ1v) is 5.58. The molecule has 0 spiro atoms. The molecular weight excluding hydrogens is 231 g/mol. The van der Waals surface area contributed by atoms with Crippen LogP contribution in [-0.4, -0.2) is 11.0 Å². The van der Waals surface area contributed by atoms with Crippen molar-refractivity contribution >= 4 is 23.2 Å². The molecule has 0 aliphatic carbocycles. The van der Waals surface area contributed by atoms with Crippen molar-refractivity contribution in [2.75, 3.05) is 5.88 Å². The summed E-state index contributed by atoms with van der Waals surface area (Å²) in [5, 5.41) is 10.8. The van der Waals surface area contributed by atoms with Crippen LogP contribution in [0.1, 0.15) is 18.9 Å². The zero-order chi connectivity index (χ0) is 11.3. The van der Waals surface area contributed by atoms with Crippen LogP contribution in [0.5, 0.6) is 0 Å². The summed E-state index contributed by atoms with van der Waals surface area (Å²) in [6.45, 7) is 1.92. The molecule has 80 valence electrons. The highest BCUT2D eigenvalue weighted by Gasteiger charge is 2.25. The van der Waals surface area contributed by atoms with E-state index < -0.39 is 5.60 Å². The van der Waals surface area contributed by atoms with Gasteiger partial charge in [-0.3, -0.25) is 0 Å². The molecule has 1 aromatic rings. The molecule has 0 saturated heterocycles. The number of aliphatic hydroxyl groups is 1. The van der Waals surface area contributed by atoms with E-state index in [1.54, 1.807) is 24.3 Å². The van der Waals surface area contributed by atoms with E-state index in [-0.39, 0.29) is 5.88 Å². The monoisotopic (exact) mass is 242 g/mol. The van der Waals surface area contributed by atoms with E-state index in [4.69, 9.17) is 23.2 Å². The number of halogens is 2. The van der Waals surface area contributed by atoms with Gasteiger partial charge in [-0.1, -0.05) is 36.6 Å². The molecule has 1 rings (SSSR count). The minimum atomic E-state index is -1.28. The van der Waals surface area contributed by atoms with Gasteiger partial charge < -0.3 is 5.11 Å². The Bertz CT molecular complexity index is 375. The normalized spacial score (nSPS) is 13.9. The highest BCUT2D eigenvalue weighted by molar-refractivity contribution is 6.30. The Morgan fingerprint density at radius 3 is 2.40 bits per heavy atom. The third-order valence-electron chi connectivity index (χ3n) is 1.99. The maximum atomic E-state index is 10.2. The fourth-order valence-electron chi connectivity index (χ4n) is 1.14. The van der Waals surface area contributed by atoms with Gasteiger partial charge in [-0.2, -0.15) is 0 Å². The Labute approximate surface area is 100 Å². The van der Waals surface area contributed by atoms with Crippen LogP contribution in [-0.2, 0) is 5.60 Å². The second-order valence-corrected chi connectivity index (χ2v) is 3.86. The molecule has 0 heterocycles. The van der Waals surface area contributed by atoms with Crippen LogP contribution in [0.2, 0.25) is 5.02 Å². The summed E-state index contributed by atoms with van der Waals surface area (Å²) in [4.78, 5) is 0. The van der Waals surface area contributed by atoms with Crippen molar-refractivity contribution in [3.8, 4) is 11.8 Å². The summed E-state index contributed by atoms with van der Waals surface area (Å²) in [5.41, 5.74) is -0.606. The average Bonchev–Trinajstić information content (AvgIpc) is 2.27. The molecule has 1 unspecified atom stereocenters. The Morgan fingerprint density at radius 1 is 1.33 bits per heavy atom. The van der Waals surface area contributed by atoms with Crippen molar-refractivity contribution in [3.05, 3.63) is 34.9 Å². The van der Waals surface area contributed by atoms with E-state index in [0.29, 0.717) is 17.0 Å². The van der Waals surface area contributed by atoms with Crippen molar-refractivity contribution in [1.82, 2.24) is 0 Å². The van der Waals surface area contributed by atoms with Gasteiger partial charge in [-0.15, -0.1) is 17.5 Å². The van der Waals surface area contributed by atoms with Crippen molar-refractivity contribution < 1.29 is 5.11 Å². The highest BCUT2D eigenvalue weighted by Crippen LogP contribution is 2.23. The van der Waals surface area contributed by atoms with Crippen molar-refractivity contribution in [1.29, 1.82) is 0 Å². The van der Waals surface area contributed by atoms with E-state index in [9.17, 15) is 5.11 Å². The number of hydrogen-bond donors (Lipinski definition) is 1. The summed E-state index contributed by atoms with van der Waals surface area (Å²) in [6.07, 6.45) is 0.687. The maximum absolute atomic E-state index is 10.2. The molecule has 1 aromatic carbocycles. The SMILES string of the molecule is CCC#CC(O)(CCl)c1ccc(Cl)cc1. The number of hydrogen-bond acceptors (Lipinski definition) is 1. The first-order chi connectivity index (χ1) is 7.12. The van der Waals surface area contributed by atoms with Crippen LogP contribution in [0.3, 0.4) is 0 Å². The lowest BCUT2D eigenvalue weighted by Gasteiger charge is -2.19. The van der Waals surface area contributed by atoms with Gasteiger partial charge in [0.2, 0.25) is 0 Å². The summed E-state index contributed by atoms with van der Waals surface area (Å²) >= 11 is 11.5. The van der Waals surface area contributed by atoms with Gasteiger partial charge in [0, 0.05) is 11.4 Å². The third-order valence-corrected chi connectivity index (χ3v) is 2.63. The maximum Gasteiger partial charge on any atom is 0.164 e. The fraction of sp³-hybridized carbons (Fsp3) is 0.333. The molecule has 3 heteroatoms. The largest absolute Gasteiger partial charge is 0.372 e. The summed E-state index contributed by atoms with van der Waals surface area (Å²) in [5.74, 6) is 5.64. The molecule has 1 N–H and O–H groups in total. The predicted molar refractivity (Wildman–Crippen MR) is 64.1 cm³/mol. The average molecular weight is 243 g/mol. The Hall–Kier alpha value is -0.680.